The quantitative estimate of drug-likeness (QED) is 0.465. The average molecular weight is 484 g/mol. The van der Waals surface area contributed by atoms with Crippen molar-refractivity contribution in [2.24, 2.45) is 0 Å². The fourth-order valence-corrected chi connectivity index (χ4v) is 0. The summed E-state index contributed by atoms with van der Waals surface area (Å²) in [5, 5.41) is 0. The first kappa shape index (κ1) is 17.4. The Balaban J connectivity index is -0.0000000600. The molecule has 62 valence electrons. The summed E-state index contributed by atoms with van der Waals surface area (Å²) >= 11 is 1.28. The summed E-state index contributed by atoms with van der Waals surface area (Å²) in [6.07, 6.45) is 0. The SMILES string of the molecule is C[Se+]C.C[Se+]C.[Cl][Pt][Cl]. The molecule has 0 aromatic rings. The van der Waals surface area contributed by atoms with Crippen LogP contribution < -0.4 is 0 Å². The van der Waals surface area contributed by atoms with Crippen LogP contribution in [0.1, 0.15) is 0 Å². The molecule has 0 amide bonds. The zero-order valence-electron chi connectivity index (χ0n) is 5.89. The summed E-state index contributed by atoms with van der Waals surface area (Å²) in [5.74, 6) is 8.75. The van der Waals surface area contributed by atoms with Gasteiger partial charge in [-0.1, -0.05) is 0 Å². The van der Waals surface area contributed by atoms with E-state index in [2.05, 4.69) is 23.3 Å². The predicted molar refractivity (Wildman–Crippen MR) is 46.7 cm³/mol. The molecule has 0 heterocycles. The average Bonchev–Trinajstić information content (AvgIpc) is 1.70. The van der Waals surface area contributed by atoms with Crippen LogP contribution in [0.4, 0.5) is 0 Å². The van der Waals surface area contributed by atoms with E-state index in [1.807, 2.05) is 0 Å². The van der Waals surface area contributed by atoms with Crippen LogP contribution in [0.2, 0.25) is 23.3 Å². The van der Waals surface area contributed by atoms with Crippen LogP contribution in [0, 0.1) is 0 Å². The van der Waals surface area contributed by atoms with E-state index in [0.717, 1.165) is 29.9 Å². The monoisotopic (exact) mass is 485 g/mol. The van der Waals surface area contributed by atoms with Crippen molar-refractivity contribution in [1.29, 1.82) is 0 Å². The molecular formula is C4H12Cl2PtSe2+2. The molecule has 0 aliphatic carbocycles. The molecule has 9 heavy (non-hydrogen) atoms. The van der Waals surface area contributed by atoms with Gasteiger partial charge in [0.2, 0.25) is 0 Å². The summed E-state index contributed by atoms with van der Waals surface area (Å²) in [7, 11) is 9.75. The Hall–Kier alpha value is 2.31. The molecule has 0 aromatic carbocycles. The Morgan fingerprint density at radius 1 is 0.889 bits per heavy atom. The maximum absolute atomic E-state index is 4.88. The van der Waals surface area contributed by atoms with Crippen molar-refractivity contribution in [3.63, 3.8) is 0 Å². The number of rotatable bonds is 0. The Labute approximate surface area is 87.5 Å². The summed E-state index contributed by atoms with van der Waals surface area (Å²) in [4.78, 5) is 0. The van der Waals surface area contributed by atoms with Crippen LogP contribution >= 0.6 is 18.8 Å². The van der Waals surface area contributed by atoms with E-state index in [4.69, 9.17) is 18.8 Å². The number of hydrogen-bond donors (Lipinski definition) is 0. The van der Waals surface area contributed by atoms with E-state index in [1.165, 1.54) is 0 Å². The molecule has 0 unspecified atom stereocenters. The maximum atomic E-state index is 4.88. The molecule has 0 aromatic heterocycles. The van der Waals surface area contributed by atoms with Crippen LogP contribution in [-0.2, 0) is 16.5 Å². The van der Waals surface area contributed by atoms with E-state index in [1.54, 1.807) is 0 Å². The molecule has 2 radical (unpaired) electrons. The number of hydrogen-bond acceptors (Lipinski definition) is 0. The van der Waals surface area contributed by atoms with Gasteiger partial charge in [0.1, 0.15) is 0 Å². The number of halogens is 2. The minimum atomic E-state index is -0.472. The van der Waals surface area contributed by atoms with Crippen molar-refractivity contribution in [2.75, 3.05) is 0 Å². The molecule has 0 aliphatic heterocycles. The van der Waals surface area contributed by atoms with E-state index < -0.39 is 16.5 Å². The van der Waals surface area contributed by atoms with E-state index in [9.17, 15) is 0 Å². The first-order valence-electron chi connectivity index (χ1n) is 1.87. The molecule has 0 bridgehead atoms. The minimum absolute atomic E-state index is 0.472. The molecule has 0 N–H and O–H groups in total. The van der Waals surface area contributed by atoms with Gasteiger partial charge in [0.25, 0.3) is 0 Å². The van der Waals surface area contributed by atoms with Crippen molar-refractivity contribution >= 4 is 48.7 Å². The van der Waals surface area contributed by atoms with Crippen LogP contribution in [0.5, 0.6) is 0 Å². The van der Waals surface area contributed by atoms with Crippen molar-refractivity contribution in [3.05, 3.63) is 0 Å². The molecular weight excluding hydrogens is 472 g/mol. The molecule has 0 fully saturated rings. The van der Waals surface area contributed by atoms with Crippen LogP contribution in [0.15, 0.2) is 0 Å². The fraction of sp³-hybridized carbons (Fsp3) is 1.00. The third-order valence-electron chi connectivity index (χ3n) is 0. The van der Waals surface area contributed by atoms with Gasteiger partial charge < -0.3 is 0 Å². The van der Waals surface area contributed by atoms with Crippen LogP contribution in [0.3, 0.4) is 0 Å². The second kappa shape index (κ2) is 31.7. The second-order valence-electron chi connectivity index (χ2n) is 0.862. The Kier molecular flexibility index (Phi) is 61.3. The standard InChI is InChI=1S/2C2H6Se.2ClH.Pt/c2*1-3-2;;;/h2*1-2H3;2*1H;/q2*+1;;;+2/p-2. The van der Waals surface area contributed by atoms with Gasteiger partial charge in [-0.05, 0) is 0 Å². The third-order valence-corrected chi connectivity index (χ3v) is 0. The van der Waals surface area contributed by atoms with Gasteiger partial charge in [0, 0.05) is 0 Å². The fourth-order valence-electron chi connectivity index (χ4n) is 0. The molecule has 5 heteroatoms. The van der Waals surface area contributed by atoms with Gasteiger partial charge in [0.05, 0.1) is 0 Å². The normalized spacial score (nSPS) is 6.44. The van der Waals surface area contributed by atoms with Crippen LogP contribution in [0.25, 0.3) is 0 Å². The molecule has 0 rings (SSSR count). The first-order valence-corrected chi connectivity index (χ1v) is 14.4. The molecule has 0 nitrogen and oxygen atoms in total. The summed E-state index contributed by atoms with van der Waals surface area (Å²) < 4.78 is 0. The van der Waals surface area contributed by atoms with Gasteiger partial charge in [-0.25, -0.2) is 0 Å². The predicted octanol–water partition coefficient (Wildman–Crippen LogP) is 2.95. The molecule has 0 atom stereocenters. The molecule has 0 spiro atoms. The van der Waals surface area contributed by atoms with Crippen molar-refractivity contribution in [3.8, 4) is 0 Å². The van der Waals surface area contributed by atoms with E-state index in [0.29, 0.717) is 0 Å². The van der Waals surface area contributed by atoms with Gasteiger partial charge in [-0.2, -0.15) is 0 Å². The van der Waals surface area contributed by atoms with Crippen molar-refractivity contribution in [2.45, 2.75) is 23.3 Å². The second-order valence-corrected chi connectivity index (χ2v) is 7.57. The third kappa shape index (κ3) is 134. The van der Waals surface area contributed by atoms with Crippen molar-refractivity contribution < 1.29 is 16.5 Å². The molecule has 0 aliphatic rings. The summed E-state index contributed by atoms with van der Waals surface area (Å²) in [5.41, 5.74) is 0. The first-order chi connectivity index (χ1) is 4.24. The Bertz CT molecular complexity index is 21.3. The molecule has 0 saturated carbocycles. The van der Waals surface area contributed by atoms with E-state index in [-0.39, 0.29) is 0 Å². The van der Waals surface area contributed by atoms with Gasteiger partial charge in [-0.15, -0.1) is 0 Å². The summed E-state index contributed by atoms with van der Waals surface area (Å²) in [6, 6.07) is 0. The summed E-state index contributed by atoms with van der Waals surface area (Å²) in [6.45, 7) is 0. The van der Waals surface area contributed by atoms with Gasteiger partial charge >= 0.3 is 88.5 Å². The Morgan fingerprint density at radius 3 is 0.889 bits per heavy atom. The van der Waals surface area contributed by atoms with E-state index >= 15 is 0 Å². The Morgan fingerprint density at radius 2 is 0.889 bits per heavy atom. The van der Waals surface area contributed by atoms with Crippen LogP contribution in [-0.4, -0.2) is 29.9 Å². The van der Waals surface area contributed by atoms with Crippen molar-refractivity contribution in [1.82, 2.24) is 0 Å². The van der Waals surface area contributed by atoms with Gasteiger partial charge in [-0.3, -0.25) is 0 Å². The van der Waals surface area contributed by atoms with Gasteiger partial charge in [0.15, 0.2) is 0 Å². The molecule has 0 saturated heterocycles. The topological polar surface area (TPSA) is 0 Å². The zero-order valence-corrected chi connectivity index (χ0v) is 13.1. The zero-order chi connectivity index (χ0) is 8.12.